The van der Waals surface area contributed by atoms with Crippen LogP contribution in [0.2, 0.25) is 0 Å². The minimum Gasteiger partial charge on any atom is -0.391 e. The number of aliphatic hydroxyl groups excluding tert-OH is 1. The number of halogens is 2. The second-order valence-electron chi connectivity index (χ2n) is 5.62. The fourth-order valence-electron chi connectivity index (χ4n) is 2.13. The lowest BCUT2D eigenvalue weighted by Gasteiger charge is -2.19. The molecule has 0 aliphatic heterocycles. The van der Waals surface area contributed by atoms with Gasteiger partial charge in [0, 0.05) is 17.2 Å². The molecule has 0 saturated carbocycles. The van der Waals surface area contributed by atoms with E-state index in [-0.39, 0.29) is 11.1 Å². The van der Waals surface area contributed by atoms with E-state index >= 15 is 0 Å². The first-order chi connectivity index (χ1) is 12.8. The lowest BCUT2D eigenvalue weighted by atomic mass is 10.1. The van der Waals surface area contributed by atoms with Crippen LogP contribution < -0.4 is 10.8 Å². The highest BCUT2D eigenvalue weighted by Gasteiger charge is 2.25. The third-order valence-corrected chi connectivity index (χ3v) is 3.58. The predicted molar refractivity (Wildman–Crippen MR) is 91.6 cm³/mol. The molecule has 0 aliphatic carbocycles. The first kappa shape index (κ1) is 20.0. The fraction of sp³-hybridized carbons (Fsp3) is 0.158. The highest BCUT2D eigenvalue weighted by molar-refractivity contribution is 5.97. The van der Waals surface area contributed by atoms with Gasteiger partial charge in [-0.25, -0.2) is 14.3 Å². The van der Waals surface area contributed by atoms with Gasteiger partial charge >= 0.3 is 0 Å². The molecule has 2 aromatic rings. The highest BCUT2D eigenvalue weighted by Crippen LogP contribution is 2.09. The first-order valence-corrected chi connectivity index (χ1v) is 7.82. The Labute approximate surface area is 153 Å². The van der Waals surface area contributed by atoms with Crippen LogP contribution >= 0.6 is 0 Å². The van der Waals surface area contributed by atoms with Crippen LogP contribution in [0.1, 0.15) is 28.4 Å². The topological polar surface area (TPSA) is 98.7 Å². The second kappa shape index (κ2) is 8.89. The molecule has 0 bridgehead atoms. The molecule has 140 valence electrons. The van der Waals surface area contributed by atoms with Gasteiger partial charge in [-0.3, -0.25) is 14.8 Å². The molecule has 2 atom stereocenters. The van der Waals surface area contributed by atoms with Crippen molar-refractivity contribution in [1.29, 1.82) is 0 Å². The average molecular weight is 374 g/mol. The van der Waals surface area contributed by atoms with Gasteiger partial charge in [-0.15, -0.1) is 0 Å². The normalized spacial score (nSPS) is 12.3. The zero-order valence-corrected chi connectivity index (χ0v) is 14.2. The van der Waals surface area contributed by atoms with Crippen molar-refractivity contribution in [1.82, 2.24) is 10.8 Å². The molecule has 0 spiro atoms. The lowest BCUT2D eigenvalue weighted by molar-refractivity contribution is -0.133. The van der Waals surface area contributed by atoms with Crippen molar-refractivity contribution in [2.45, 2.75) is 19.1 Å². The number of benzene rings is 2. The maximum atomic E-state index is 13.5. The van der Waals surface area contributed by atoms with Crippen LogP contribution in [0.4, 0.5) is 8.78 Å². The maximum absolute atomic E-state index is 13.5. The van der Waals surface area contributed by atoms with Gasteiger partial charge in [0.15, 0.2) is 0 Å². The first-order valence-electron chi connectivity index (χ1n) is 7.82. The Kier molecular flexibility index (Phi) is 6.60. The molecule has 2 aromatic carbocycles. The third kappa shape index (κ3) is 5.34. The van der Waals surface area contributed by atoms with Crippen LogP contribution in [-0.2, 0) is 4.79 Å². The van der Waals surface area contributed by atoms with Gasteiger partial charge in [0.25, 0.3) is 11.8 Å². The Hall–Kier alpha value is -3.28. The number of carbonyl (C=O) groups is 2. The summed E-state index contributed by atoms with van der Waals surface area (Å²) >= 11 is 0. The van der Waals surface area contributed by atoms with Gasteiger partial charge in [-0.1, -0.05) is 11.8 Å². The molecule has 0 radical (unpaired) electrons. The van der Waals surface area contributed by atoms with Crippen molar-refractivity contribution >= 4 is 11.8 Å². The summed E-state index contributed by atoms with van der Waals surface area (Å²) in [5.74, 6) is 2.19. The van der Waals surface area contributed by atoms with E-state index in [4.69, 9.17) is 5.21 Å². The summed E-state index contributed by atoms with van der Waals surface area (Å²) in [4.78, 5) is 23.6. The predicted octanol–water partition coefficient (Wildman–Crippen LogP) is 1.35. The summed E-state index contributed by atoms with van der Waals surface area (Å²) in [6.07, 6.45) is -1.23. The van der Waals surface area contributed by atoms with E-state index in [1.54, 1.807) is 0 Å². The van der Waals surface area contributed by atoms with Crippen LogP contribution in [0.3, 0.4) is 0 Å². The van der Waals surface area contributed by atoms with Crippen LogP contribution in [0.15, 0.2) is 42.5 Å². The summed E-state index contributed by atoms with van der Waals surface area (Å²) < 4.78 is 26.4. The molecule has 0 fully saturated rings. The fourth-order valence-corrected chi connectivity index (χ4v) is 2.13. The van der Waals surface area contributed by atoms with E-state index in [1.807, 2.05) is 0 Å². The molecular formula is C19H16F2N2O4. The molecule has 0 aliphatic rings. The summed E-state index contributed by atoms with van der Waals surface area (Å²) in [5.41, 5.74) is 2.07. The third-order valence-electron chi connectivity index (χ3n) is 3.58. The van der Waals surface area contributed by atoms with Crippen LogP contribution in [0.5, 0.6) is 0 Å². The average Bonchev–Trinajstić information content (AvgIpc) is 2.64. The summed E-state index contributed by atoms with van der Waals surface area (Å²) in [6.45, 7) is 1.29. The summed E-state index contributed by atoms with van der Waals surface area (Å²) in [6, 6.07) is 7.59. The smallest absolute Gasteiger partial charge is 0.268 e. The van der Waals surface area contributed by atoms with Gasteiger partial charge in [0.05, 0.1) is 11.7 Å². The molecule has 27 heavy (non-hydrogen) atoms. The van der Waals surface area contributed by atoms with Crippen molar-refractivity contribution < 1.29 is 28.7 Å². The molecular weight excluding hydrogens is 358 g/mol. The Bertz CT molecular complexity index is 902. The maximum Gasteiger partial charge on any atom is 0.268 e. The van der Waals surface area contributed by atoms with Gasteiger partial charge in [-0.05, 0) is 43.3 Å². The van der Waals surface area contributed by atoms with E-state index in [0.717, 1.165) is 12.1 Å². The molecule has 4 N–H and O–H groups in total. The monoisotopic (exact) mass is 374 g/mol. The van der Waals surface area contributed by atoms with Crippen LogP contribution in [-0.4, -0.2) is 34.3 Å². The Morgan fingerprint density at radius 1 is 1.07 bits per heavy atom. The van der Waals surface area contributed by atoms with E-state index in [9.17, 15) is 23.5 Å². The zero-order chi connectivity index (χ0) is 20.0. The van der Waals surface area contributed by atoms with E-state index in [0.29, 0.717) is 5.56 Å². The van der Waals surface area contributed by atoms with Crippen molar-refractivity contribution in [2.24, 2.45) is 0 Å². The molecule has 0 heterocycles. The Morgan fingerprint density at radius 3 is 2.30 bits per heavy atom. The second-order valence-corrected chi connectivity index (χ2v) is 5.62. The number of amides is 2. The van der Waals surface area contributed by atoms with E-state index < -0.39 is 35.6 Å². The SMILES string of the molecule is C[C@H](O)[C@H](NC(=O)c1ccc(C#Cc2ccc(F)cc2F)cc1)C(=O)NO. The zero-order valence-electron chi connectivity index (χ0n) is 14.2. The molecule has 0 unspecified atom stereocenters. The summed E-state index contributed by atoms with van der Waals surface area (Å²) in [7, 11) is 0. The van der Waals surface area contributed by atoms with Crippen molar-refractivity contribution in [2.75, 3.05) is 0 Å². The number of nitrogens with one attached hydrogen (secondary N) is 2. The Balaban J connectivity index is 2.12. The minimum absolute atomic E-state index is 0.0352. The number of hydrogen-bond acceptors (Lipinski definition) is 4. The standard InChI is InChI=1S/C19H16F2N2O4/c1-11(24)17(19(26)23-27)22-18(25)14-6-3-12(4-7-14)2-5-13-8-9-15(20)10-16(13)21/h3-4,6-11,17,24,27H,1H3,(H,22,25)(H,23,26)/t11-,17-/m0/s1. The minimum atomic E-state index is -1.33. The molecule has 2 rings (SSSR count). The van der Waals surface area contributed by atoms with Crippen LogP contribution in [0, 0.1) is 23.5 Å². The molecule has 2 amide bonds. The van der Waals surface area contributed by atoms with E-state index in [1.165, 1.54) is 42.7 Å². The summed E-state index contributed by atoms with van der Waals surface area (Å²) in [5, 5.41) is 20.4. The number of rotatable bonds is 4. The van der Waals surface area contributed by atoms with Gasteiger partial charge in [0.1, 0.15) is 17.7 Å². The number of aliphatic hydroxyl groups is 1. The molecule has 6 nitrogen and oxygen atoms in total. The van der Waals surface area contributed by atoms with Crippen molar-refractivity contribution in [3.05, 3.63) is 70.8 Å². The molecule has 0 aromatic heterocycles. The van der Waals surface area contributed by atoms with Gasteiger partial charge < -0.3 is 10.4 Å². The Morgan fingerprint density at radius 2 is 1.74 bits per heavy atom. The van der Waals surface area contributed by atoms with Crippen LogP contribution in [0.25, 0.3) is 0 Å². The lowest BCUT2D eigenvalue weighted by Crippen LogP contribution is -2.51. The van der Waals surface area contributed by atoms with Crippen molar-refractivity contribution in [3.63, 3.8) is 0 Å². The van der Waals surface area contributed by atoms with Crippen molar-refractivity contribution in [3.8, 4) is 11.8 Å². The largest absolute Gasteiger partial charge is 0.391 e. The molecule has 8 heteroatoms. The van der Waals surface area contributed by atoms with Gasteiger partial charge in [-0.2, -0.15) is 0 Å². The number of hydrogen-bond donors (Lipinski definition) is 4. The molecule has 0 saturated heterocycles. The quantitative estimate of drug-likeness (QED) is 0.369. The van der Waals surface area contributed by atoms with E-state index in [2.05, 4.69) is 17.2 Å². The number of carbonyl (C=O) groups excluding carboxylic acids is 2. The van der Waals surface area contributed by atoms with Gasteiger partial charge in [0.2, 0.25) is 0 Å². The highest BCUT2D eigenvalue weighted by atomic mass is 19.1. The number of hydroxylamine groups is 1.